The highest BCUT2D eigenvalue weighted by molar-refractivity contribution is 5.43. The van der Waals surface area contributed by atoms with E-state index in [1.165, 1.54) is 0 Å². The number of nitrogens with one attached hydrogen (secondary N) is 1. The van der Waals surface area contributed by atoms with Gasteiger partial charge in [-0.15, -0.1) is 15.3 Å². The van der Waals surface area contributed by atoms with Crippen LogP contribution in [0.4, 0.5) is 5.82 Å². The zero-order valence-electron chi connectivity index (χ0n) is 14.4. The van der Waals surface area contributed by atoms with Crippen molar-refractivity contribution in [1.82, 2.24) is 34.5 Å². The second-order valence-electron chi connectivity index (χ2n) is 6.10. The fraction of sp³-hybridized carbons (Fsp3) is 0.500. The van der Waals surface area contributed by atoms with E-state index in [2.05, 4.69) is 43.6 Å². The number of hydrogen-bond donors (Lipinski definition) is 1. The van der Waals surface area contributed by atoms with Crippen LogP contribution < -0.4 is 5.32 Å². The van der Waals surface area contributed by atoms with Crippen LogP contribution in [0.2, 0.25) is 0 Å². The van der Waals surface area contributed by atoms with Gasteiger partial charge in [-0.3, -0.25) is 9.58 Å². The lowest BCUT2D eigenvalue weighted by Gasteiger charge is -2.40. The number of rotatable bonds is 5. The summed E-state index contributed by atoms with van der Waals surface area (Å²) in [4.78, 5) is 2.43. The van der Waals surface area contributed by atoms with Crippen molar-refractivity contribution in [3.05, 3.63) is 36.4 Å². The molecular weight excluding hydrogens is 320 g/mol. The molecule has 0 radical (unpaired) electrons. The molecule has 0 saturated carbocycles. The Kier molecular flexibility index (Phi) is 4.33. The number of aromatic nitrogens is 6. The average Bonchev–Trinajstić information content (AvgIpc) is 3.27. The molecule has 4 heterocycles. The molecule has 0 spiro atoms. The summed E-state index contributed by atoms with van der Waals surface area (Å²) in [5, 5.41) is 20.0. The average molecular weight is 342 g/mol. The van der Waals surface area contributed by atoms with E-state index in [0.717, 1.165) is 36.9 Å². The highest BCUT2D eigenvalue weighted by Crippen LogP contribution is 2.29. The normalized spacial score (nSPS) is 21.7. The van der Waals surface area contributed by atoms with Crippen LogP contribution in [0.5, 0.6) is 0 Å². The smallest absolute Gasteiger partial charge is 0.177 e. The summed E-state index contributed by atoms with van der Waals surface area (Å²) in [6.45, 7) is 5.47. The third kappa shape index (κ3) is 3.08. The number of aryl methyl sites for hydroxylation is 1. The molecule has 2 atom stereocenters. The largest absolute Gasteiger partial charge is 0.373 e. The van der Waals surface area contributed by atoms with Gasteiger partial charge in [0.25, 0.3) is 0 Å². The van der Waals surface area contributed by atoms with Crippen molar-refractivity contribution in [1.29, 1.82) is 0 Å². The van der Waals surface area contributed by atoms with E-state index >= 15 is 0 Å². The second kappa shape index (κ2) is 6.77. The van der Waals surface area contributed by atoms with Gasteiger partial charge in [0.05, 0.1) is 24.4 Å². The monoisotopic (exact) mass is 342 g/mol. The first-order valence-corrected chi connectivity index (χ1v) is 8.50. The molecule has 9 heteroatoms. The van der Waals surface area contributed by atoms with Crippen LogP contribution in [0.15, 0.2) is 30.7 Å². The number of ether oxygens (including phenoxy) is 1. The number of likely N-dealkylation sites (N-methyl/N-ethyl adjacent to an activating group) is 1. The fourth-order valence-corrected chi connectivity index (χ4v) is 3.39. The third-order valence-electron chi connectivity index (χ3n) is 4.67. The molecule has 4 rings (SSSR count). The Balaban J connectivity index is 1.53. The molecule has 1 aliphatic rings. The Labute approximate surface area is 145 Å². The van der Waals surface area contributed by atoms with Gasteiger partial charge in [-0.2, -0.15) is 9.61 Å². The van der Waals surface area contributed by atoms with Gasteiger partial charge in [-0.25, -0.2) is 0 Å². The van der Waals surface area contributed by atoms with Crippen LogP contribution in [0.1, 0.15) is 18.7 Å². The van der Waals surface area contributed by atoms with Crippen molar-refractivity contribution >= 4 is 11.5 Å². The van der Waals surface area contributed by atoms with E-state index in [1.807, 2.05) is 30.1 Å². The molecule has 1 aliphatic heterocycles. The Morgan fingerprint density at radius 2 is 2.24 bits per heavy atom. The van der Waals surface area contributed by atoms with Crippen LogP contribution >= 0.6 is 0 Å². The molecule has 3 aromatic heterocycles. The SMILES string of the molecule is CCN1CCO[C@@H](CNc2ccc3nncn3n2)[C@@H]1c1ccnn1C. The minimum Gasteiger partial charge on any atom is -0.373 e. The summed E-state index contributed by atoms with van der Waals surface area (Å²) in [5.74, 6) is 0.772. The van der Waals surface area contributed by atoms with Gasteiger partial charge in [-0.1, -0.05) is 6.92 Å². The van der Waals surface area contributed by atoms with Gasteiger partial charge < -0.3 is 10.1 Å². The maximum Gasteiger partial charge on any atom is 0.177 e. The number of fused-ring (bicyclic) bond motifs is 1. The predicted octanol–water partition coefficient (Wildman–Crippen LogP) is 0.732. The molecule has 1 N–H and O–H groups in total. The fourth-order valence-electron chi connectivity index (χ4n) is 3.39. The van der Waals surface area contributed by atoms with E-state index in [-0.39, 0.29) is 12.1 Å². The molecule has 1 fully saturated rings. The topological polar surface area (TPSA) is 85.4 Å². The summed E-state index contributed by atoms with van der Waals surface area (Å²) >= 11 is 0. The molecule has 0 unspecified atom stereocenters. The molecule has 3 aromatic rings. The highest BCUT2D eigenvalue weighted by atomic mass is 16.5. The van der Waals surface area contributed by atoms with Crippen molar-refractivity contribution in [3.8, 4) is 0 Å². The molecule has 0 amide bonds. The first-order valence-electron chi connectivity index (χ1n) is 8.50. The minimum atomic E-state index is 0.0162. The molecule has 25 heavy (non-hydrogen) atoms. The summed E-state index contributed by atoms with van der Waals surface area (Å²) < 4.78 is 9.67. The maximum atomic E-state index is 6.09. The van der Waals surface area contributed by atoms with Gasteiger partial charge in [0, 0.05) is 26.3 Å². The standard InChI is InChI=1S/C16H22N8O/c1-3-23-8-9-25-13(16(23)12-6-7-19-22(12)2)10-17-14-4-5-15-20-18-11-24(15)21-14/h4-7,11,13,16H,3,8-10H2,1-2H3,(H,17,21)/t13-,16-/m0/s1. The Hall–Kier alpha value is -2.52. The first-order chi connectivity index (χ1) is 12.3. The number of hydrogen-bond acceptors (Lipinski definition) is 7. The number of anilines is 1. The Morgan fingerprint density at radius 3 is 3.04 bits per heavy atom. The van der Waals surface area contributed by atoms with E-state index in [1.54, 1.807) is 10.8 Å². The van der Waals surface area contributed by atoms with Crippen molar-refractivity contribution in [2.24, 2.45) is 7.05 Å². The molecule has 0 bridgehead atoms. The van der Waals surface area contributed by atoms with Gasteiger partial charge >= 0.3 is 0 Å². The molecule has 1 saturated heterocycles. The highest BCUT2D eigenvalue weighted by Gasteiger charge is 2.34. The van der Waals surface area contributed by atoms with Gasteiger partial charge in [-0.05, 0) is 24.7 Å². The Morgan fingerprint density at radius 1 is 1.32 bits per heavy atom. The first kappa shape index (κ1) is 16.0. The third-order valence-corrected chi connectivity index (χ3v) is 4.67. The van der Waals surface area contributed by atoms with E-state index < -0.39 is 0 Å². The van der Waals surface area contributed by atoms with Crippen molar-refractivity contribution in [2.75, 3.05) is 31.6 Å². The molecule has 0 aliphatic carbocycles. The summed E-state index contributed by atoms with van der Waals surface area (Å²) in [5.41, 5.74) is 1.89. The van der Waals surface area contributed by atoms with Gasteiger partial charge in [0.1, 0.15) is 12.1 Å². The van der Waals surface area contributed by atoms with Crippen LogP contribution in [-0.2, 0) is 11.8 Å². The van der Waals surface area contributed by atoms with E-state index in [0.29, 0.717) is 6.54 Å². The summed E-state index contributed by atoms with van der Waals surface area (Å²) in [7, 11) is 1.98. The van der Waals surface area contributed by atoms with E-state index in [4.69, 9.17) is 4.74 Å². The van der Waals surface area contributed by atoms with Crippen molar-refractivity contribution in [3.63, 3.8) is 0 Å². The van der Waals surface area contributed by atoms with Crippen LogP contribution in [-0.4, -0.2) is 66.8 Å². The number of nitrogens with zero attached hydrogens (tertiary/aromatic N) is 7. The Bertz CT molecular complexity index is 843. The summed E-state index contributed by atoms with van der Waals surface area (Å²) in [6, 6.07) is 6.03. The minimum absolute atomic E-state index is 0.0162. The van der Waals surface area contributed by atoms with Crippen molar-refractivity contribution in [2.45, 2.75) is 19.1 Å². The maximum absolute atomic E-state index is 6.09. The lowest BCUT2D eigenvalue weighted by molar-refractivity contribution is -0.0664. The molecule has 0 aromatic carbocycles. The lowest BCUT2D eigenvalue weighted by atomic mass is 10.0. The molecule has 132 valence electrons. The van der Waals surface area contributed by atoms with Crippen LogP contribution in [0.25, 0.3) is 5.65 Å². The van der Waals surface area contributed by atoms with Gasteiger partial charge in [0.15, 0.2) is 5.65 Å². The second-order valence-corrected chi connectivity index (χ2v) is 6.10. The predicted molar refractivity (Wildman–Crippen MR) is 92.2 cm³/mol. The number of morpholine rings is 1. The molecular formula is C16H22N8O. The zero-order valence-corrected chi connectivity index (χ0v) is 14.4. The van der Waals surface area contributed by atoms with Crippen LogP contribution in [0, 0.1) is 0 Å². The summed E-state index contributed by atoms with van der Waals surface area (Å²) in [6.07, 6.45) is 3.45. The van der Waals surface area contributed by atoms with Gasteiger partial charge in [0.2, 0.25) is 0 Å². The lowest BCUT2D eigenvalue weighted by Crippen LogP contribution is -2.48. The van der Waals surface area contributed by atoms with E-state index in [9.17, 15) is 0 Å². The zero-order chi connectivity index (χ0) is 17.2. The molecule has 9 nitrogen and oxygen atoms in total. The van der Waals surface area contributed by atoms with Crippen molar-refractivity contribution < 1.29 is 4.74 Å². The quantitative estimate of drug-likeness (QED) is 0.731. The van der Waals surface area contributed by atoms with Crippen LogP contribution in [0.3, 0.4) is 0 Å².